The van der Waals surface area contributed by atoms with Crippen LogP contribution in [-0.2, 0) is 0 Å². The number of hydrogen-bond acceptors (Lipinski definition) is 4. The van der Waals surface area contributed by atoms with Crippen LogP contribution < -0.4 is 15.5 Å². The first kappa shape index (κ1) is 11.2. The molecule has 1 aliphatic rings. The minimum absolute atomic E-state index is 0.539. The van der Waals surface area contributed by atoms with Crippen LogP contribution in [-0.4, -0.2) is 30.8 Å². The minimum atomic E-state index is 0.539. The highest BCUT2D eigenvalue weighted by atomic mass is 15.3. The second kappa shape index (κ2) is 5.16. The lowest BCUT2D eigenvalue weighted by atomic mass is 10.2. The summed E-state index contributed by atoms with van der Waals surface area (Å²) in [4.78, 5) is 6.69. The molecule has 16 heavy (non-hydrogen) atoms. The highest BCUT2D eigenvalue weighted by Crippen LogP contribution is 2.30. The number of rotatable bonds is 5. The summed E-state index contributed by atoms with van der Waals surface area (Å²) in [6, 6.07) is 4.67. The van der Waals surface area contributed by atoms with Crippen LogP contribution in [0.3, 0.4) is 0 Å². The van der Waals surface area contributed by atoms with E-state index in [1.807, 2.05) is 12.3 Å². The van der Waals surface area contributed by atoms with E-state index in [0.29, 0.717) is 6.04 Å². The van der Waals surface area contributed by atoms with Gasteiger partial charge in [-0.2, -0.15) is 0 Å². The fourth-order valence-corrected chi connectivity index (χ4v) is 2.05. The Balaban J connectivity index is 1.96. The van der Waals surface area contributed by atoms with Gasteiger partial charge in [0.15, 0.2) is 5.82 Å². The first-order chi connectivity index (χ1) is 7.83. The van der Waals surface area contributed by atoms with Crippen molar-refractivity contribution in [1.82, 2.24) is 10.3 Å². The lowest BCUT2D eigenvalue weighted by Crippen LogP contribution is -2.35. The molecule has 2 rings (SSSR count). The average Bonchev–Trinajstić information content (AvgIpc) is 2.73. The molecule has 4 heteroatoms. The highest BCUT2D eigenvalue weighted by Gasteiger charge is 2.22. The predicted molar refractivity (Wildman–Crippen MR) is 67.8 cm³/mol. The molecule has 0 fully saturated rings. The van der Waals surface area contributed by atoms with Gasteiger partial charge in [0.1, 0.15) is 0 Å². The van der Waals surface area contributed by atoms with Gasteiger partial charge in [0.05, 0.1) is 12.4 Å². The fraction of sp³-hybridized carbons (Fsp3) is 0.583. The second-order valence-corrected chi connectivity index (χ2v) is 4.17. The summed E-state index contributed by atoms with van der Waals surface area (Å²) in [7, 11) is 0. The summed E-state index contributed by atoms with van der Waals surface area (Å²) in [5.41, 5.74) is 1.23. The molecule has 0 radical (unpaired) electrons. The molecule has 1 atom stereocenters. The number of hydrogen-bond donors (Lipinski definition) is 2. The normalized spacial score (nSPS) is 15.8. The Labute approximate surface area is 97.1 Å². The molecule has 1 unspecified atom stereocenters. The zero-order valence-electron chi connectivity index (χ0n) is 10.0. The van der Waals surface area contributed by atoms with E-state index in [1.54, 1.807) is 0 Å². The number of aromatic nitrogens is 1. The molecule has 2 heterocycles. The first-order valence-electron chi connectivity index (χ1n) is 5.99. The fourth-order valence-electron chi connectivity index (χ4n) is 2.05. The van der Waals surface area contributed by atoms with E-state index in [-0.39, 0.29) is 0 Å². The van der Waals surface area contributed by atoms with Crippen molar-refractivity contribution in [3.8, 4) is 0 Å². The zero-order chi connectivity index (χ0) is 11.4. The Kier molecular flexibility index (Phi) is 3.62. The van der Waals surface area contributed by atoms with Crippen molar-refractivity contribution in [2.45, 2.75) is 26.3 Å². The van der Waals surface area contributed by atoms with Crippen molar-refractivity contribution < 1.29 is 0 Å². The van der Waals surface area contributed by atoms with E-state index >= 15 is 0 Å². The van der Waals surface area contributed by atoms with Crippen LogP contribution in [0.5, 0.6) is 0 Å². The van der Waals surface area contributed by atoms with Crippen molar-refractivity contribution in [3.05, 3.63) is 18.3 Å². The molecule has 0 saturated heterocycles. The monoisotopic (exact) mass is 220 g/mol. The Morgan fingerprint density at radius 1 is 1.62 bits per heavy atom. The van der Waals surface area contributed by atoms with E-state index in [2.05, 4.69) is 40.4 Å². The zero-order valence-corrected chi connectivity index (χ0v) is 10.0. The Morgan fingerprint density at radius 2 is 2.50 bits per heavy atom. The number of nitrogens with one attached hydrogen (secondary N) is 2. The van der Waals surface area contributed by atoms with Crippen molar-refractivity contribution in [3.63, 3.8) is 0 Å². The standard InChI is InChI=1S/C12H20N4/c1-3-13-8-6-10(2)16-9-15-12-11(16)5-4-7-14-12/h4-5,7,10,13H,3,6,8-9H2,1-2H3,(H,14,15). The molecule has 1 aromatic heterocycles. The summed E-state index contributed by atoms with van der Waals surface area (Å²) in [6.07, 6.45) is 2.99. The molecule has 1 aliphatic heterocycles. The number of anilines is 2. The lowest BCUT2D eigenvalue weighted by Gasteiger charge is -2.25. The van der Waals surface area contributed by atoms with Crippen LogP contribution >= 0.6 is 0 Å². The van der Waals surface area contributed by atoms with Gasteiger partial charge in [0, 0.05) is 12.2 Å². The third kappa shape index (κ3) is 2.27. The molecular formula is C12H20N4. The van der Waals surface area contributed by atoms with Gasteiger partial charge < -0.3 is 15.5 Å². The molecule has 2 N–H and O–H groups in total. The van der Waals surface area contributed by atoms with Gasteiger partial charge >= 0.3 is 0 Å². The number of nitrogens with zero attached hydrogens (tertiary/aromatic N) is 2. The smallest absolute Gasteiger partial charge is 0.151 e. The summed E-state index contributed by atoms with van der Waals surface area (Å²) in [5, 5.41) is 6.68. The van der Waals surface area contributed by atoms with E-state index in [4.69, 9.17) is 0 Å². The second-order valence-electron chi connectivity index (χ2n) is 4.17. The molecule has 0 aliphatic carbocycles. The summed E-state index contributed by atoms with van der Waals surface area (Å²) >= 11 is 0. The van der Waals surface area contributed by atoms with E-state index in [9.17, 15) is 0 Å². The van der Waals surface area contributed by atoms with E-state index < -0.39 is 0 Å². The van der Waals surface area contributed by atoms with Crippen LogP contribution in [0.25, 0.3) is 0 Å². The van der Waals surface area contributed by atoms with Crippen molar-refractivity contribution in [2.75, 3.05) is 30.0 Å². The summed E-state index contributed by atoms with van der Waals surface area (Å²) in [6.45, 7) is 7.40. The SMILES string of the molecule is CCNCCC(C)N1CNc2ncccc21. The Hall–Kier alpha value is -1.29. The molecule has 0 spiro atoms. The molecule has 1 aromatic rings. The highest BCUT2D eigenvalue weighted by molar-refractivity contribution is 5.70. The van der Waals surface area contributed by atoms with Gasteiger partial charge in [-0.1, -0.05) is 6.92 Å². The Morgan fingerprint density at radius 3 is 3.31 bits per heavy atom. The molecular weight excluding hydrogens is 200 g/mol. The average molecular weight is 220 g/mol. The number of fused-ring (bicyclic) bond motifs is 1. The molecule has 0 aromatic carbocycles. The van der Waals surface area contributed by atoms with Crippen LogP contribution in [0, 0.1) is 0 Å². The van der Waals surface area contributed by atoms with Crippen molar-refractivity contribution in [1.29, 1.82) is 0 Å². The number of pyridine rings is 1. The molecule has 0 bridgehead atoms. The molecule has 0 saturated carbocycles. The van der Waals surface area contributed by atoms with Crippen LogP contribution in [0.15, 0.2) is 18.3 Å². The topological polar surface area (TPSA) is 40.2 Å². The predicted octanol–water partition coefficient (Wildman–Crippen LogP) is 1.66. The van der Waals surface area contributed by atoms with Crippen molar-refractivity contribution in [2.24, 2.45) is 0 Å². The lowest BCUT2D eigenvalue weighted by molar-refractivity contribution is 0.571. The Bertz CT molecular complexity index is 340. The van der Waals surface area contributed by atoms with Crippen LogP contribution in [0.4, 0.5) is 11.5 Å². The van der Waals surface area contributed by atoms with Gasteiger partial charge in [-0.05, 0) is 38.6 Å². The van der Waals surface area contributed by atoms with Gasteiger partial charge in [-0.25, -0.2) is 4.98 Å². The summed E-state index contributed by atoms with van der Waals surface area (Å²) in [5.74, 6) is 1.01. The van der Waals surface area contributed by atoms with Crippen LogP contribution in [0.2, 0.25) is 0 Å². The van der Waals surface area contributed by atoms with Gasteiger partial charge in [0.25, 0.3) is 0 Å². The first-order valence-corrected chi connectivity index (χ1v) is 5.99. The quantitative estimate of drug-likeness (QED) is 0.740. The van der Waals surface area contributed by atoms with E-state index in [1.165, 1.54) is 5.69 Å². The van der Waals surface area contributed by atoms with E-state index in [0.717, 1.165) is 32.0 Å². The molecule has 0 amide bonds. The largest absolute Gasteiger partial charge is 0.351 e. The van der Waals surface area contributed by atoms with Gasteiger partial charge in [0.2, 0.25) is 0 Å². The molecule has 88 valence electrons. The third-order valence-corrected chi connectivity index (χ3v) is 3.03. The third-order valence-electron chi connectivity index (χ3n) is 3.03. The maximum Gasteiger partial charge on any atom is 0.151 e. The minimum Gasteiger partial charge on any atom is -0.351 e. The molecule has 4 nitrogen and oxygen atoms in total. The van der Waals surface area contributed by atoms with Crippen molar-refractivity contribution >= 4 is 11.5 Å². The van der Waals surface area contributed by atoms with Gasteiger partial charge in [-0.3, -0.25) is 0 Å². The maximum atomic E-state index is 4.32. The van der Waals surface area contributed by atoms with Crippen LogP contribution in [0.1, 0.15) is 20.3 Å². The summed E-state index contributed by atoms with van der Waals surface area (Å²) < 4.78 is 0. The van der Waals surface area contributed by atoms with Gasteiger partial charge in [-0.15, -0.1) is 0 Å². The maximum absolute atomic E-state index is 4.32.